The number of ether oxygens (including phenoxy) is 1. The Morgan fingerprint density at radius 2 is 1.77 bits per heavy atom. The maximum Gasteiger partial charge on any atom is 0.410 e. The molecule has 1 saturated heterocycles. The van der Waals surface area contributed by atoms with Gasteiger partial charge >= 0.3 is 6.09 Å². The molecule has 2 saturated carbocycles. The van der Waals surface area contributed by atoms with Gasteiger partial charge in [-0.15, -0.1) is 0 Å². The normalized spacial score (nSPS) is 22.4. The fourth-order valence-electron chi connectivity index (χ4n) is 4.90. The van der Waals surface area contributed by atoms with E-state index >= 15 is 0 Å². The van der Waals surface area contributed by atoms with Gasteiger partial charge in [-0.25, -0.2) is 4.79 Å². The molecular weight excluding hydrogens is 376 g/mol. The average molecular weight is 413 g/mol. The van der Waals surface area contributed by atoms with Gasteiger partial charge in [0.2, 0.25) is 0 Å². The second-order valence-electron chi connectivity index (χ2n) is 10.3. The molecule has 0 unspecified atom stereocenters. The molecule has 5 nitrogen and oxygen atoms in total. The summed E-state index contributed by atoms with van der Waals surface area (Å²) in [5.74, 6) is 1.28. The molecule has 0 N–H and O–H groups in total. The van der Waals surface area contributed by atoms with Crippen molar-refractivity contribution in [2.75, 3.05) is 19.6 Å². The monoisotopic (exact) mass is 412 g/mol. The van der Waals surface area contributed by atoms with Crippen LogP contribution in [0.15, 0.2) is 24.3 Å². The van der Waals surface area contributed by atoms with Gasteiger partial charge in [0, 0.05) is 25.2 Å². The van der Waals surface area contributed by atoms with Crippen molar-refractivity contribution in [1.82, 2.24) is 9.80 Å². The fourth-order valence-corrected chi connectivity index (χ4v) is 4.90. The third-order valence-corrected chi connectivity index (χ3v) is 6.65. The highest BCUT2D eigenvalue weighted by molar-refractivity contribution is 5.96. The Morgan fingerprint density at radius 3 is 2.43 bits per heavy atom. The number of carbonyl (C=O) groups excluding carboxylic acids is 2. The first-order valence-corrected chi connectivity index (χ1v) is 11.7. The minimum absolute atomic E-state index is 0.0715. The Labute approximate surface area is 180 Å². The second-order valence-corrected chi connectivity index (χ2v) is 10.3. The molecule has 2 aliphatic carbocycles. The van der Waals surface area contributed by atoms with E-state index in [1.807, 2.05) is 32.9 Å². The van der Waals surface area contributed by atoms with Crippen molar-refractivity contribution in [2.45, 2.75) is 83.3 Å². The Hall–Kier alpha value is -2.04. The maximum atomic E-state index is 13.8. The molecule has 1 atom stereocenters. The highest BCUT2D eigenvalue weighted by Crippen LogP contribution is 2.37. The van der Waals surface area contributed by atoms with Gasteiger partial charge in [0.05, 0.1) is 6.04 Å². The van der Waals surface area contributed by atoms with Crippen LogP contribution in [0.5, 0.6) is 0 Å². The molecule has 30 heavy (non-hydrogen) atoms. The number of amides is 2. The Kier molecular flexibility index (Phi) is 6.08. The molecule has 1 heterocycles. The van der Waals surface area contributed by atoms with Gasteiger partial charge in [-0.3, -0.25) is 4.79 Å². The van der Waals surface area contributed by atoms with E-state index in [1.165, 1.54) is 44.1 Å². The molecular formula is C25H36N2O3. The van der Waals surface area contributed by atoms with Crippen molar-refractivity contribution in [3.63, 3.8) is 0 Å². The first-order chi connectivity index (χ1) is 14.3. The number of benzene rings is 1. The molecule has 1 aliphatic heterocycles. The van der Waals surface area contributed by atoms with Crippen molar-refractivity contribution in [1.29, 1.82) is 0 Å². The topological polar surface area (TPSA) is 49.9 Å². The van der Waals surface area contributed by atoms with E-state index in [2.05, 4.69) is 17.0 Å². The van der Waals surface area contributed by atoms with Crippen LogP contribution in [0.4, 0.5) is 4.79 Å². The van der Waals surface area contributed by atoms with Crippen LogP contribution in [0.2, 0.25) is 0 Å². The summed E-state index contributed by atoms with van der Waals surface area (Å²) in [6.45, 7) is 7.70. The van der Waals surface area contributed by atoms with Crippen molar-refractivity contribution in [3.8, 4) is 0 Å². The summed E-state index contributed by atoms with van der Waals surface area (Å²) in [5.41, 5.74) is 1.60. The van der Waals surface area contributed by atoms with Crippen molar-refractivity contribution in [2.24, 2.45) is 5.92 Å². The number of nitrogens with zero attached hydrogens (tertiary/aromatic N) is 2. The molecule has 0 radical (unpaired) electrons. The SMILES string of the molecule is CC(C)(C)OC(=O)N1CC[C@H](N(CC2CC2)C(=O)c2ccccc2C2CCCC2)C1. The van der Waals surface area contributed by atoms with E-state index in [9.17, 15) is 9.59 Å². The molecule has 4 rings (SSSR count). The zero-order valence-electron chi connectivity index (χ0n) is 18.7. The Bertz CT molecular complexity index is 775. The summed E-state index contributed by atoms with van der Waals surface area (Å²) >= 11 is 0. The van der Waals surface area contributed by atoms with E-state index in [0.717, 1.165) is 18.5 Å². The molecule has 164 valence electrons. The van der Waals surface area contributed by atoms with Gasteiger partial charge < -0.3 is 14.5 Å². The predicted molar refractivity (Wildman–Crippen MR) is 118 cm³/mol. The lowest BCUT2D eigenvalue weighted by molar-refractivity contribution is 0.0274. The standard InChI is InChI=1S/C25H36N2O3/c1-25(2,3)30-24(29)26-15-14-20(17-26)27(16-18-12-13-18)23(28)22-11-7-6-10-21(22)19-8-4-5-9-19/h6-7,10-11,18-20H,4-5,8-9,12-17H2,1-3H3/t20-/m0/s1. The smallest absolute Gasteiger partial charge is 0.410 e. The van der Waals surface area contributed by atoms with Crippen LogP contribution in [0.25, 0.3) is 0 Å². The van der Waals surface area contributed by atoms with E-state index < -0.39 is 5.60 Å². The van der Waals surface area contributed by atoms with Gasteiger partial charge in [-0.1, -0.05) is 31.0 Å². The molecule has 0 bridgehead atoms. The first-order valence-electron chi connectivity index (χ1n) is 11.7. The number of likely N-dealkylation sites (tertiary alicyclic amines) is 1. The van der Waals surface area contributed by atoms with Crippen molar-refractivity contribution in [3.05, 3.63) is 35.4 Å². The summed E-state index contributed by atoms with van der Waals surface area (Å²) in [5, 5.41) is 0. The van der Waals surface area contributed by atoms with Crippen molar-refractivity contribution >= 4 is 12.0 Å². The van der Waals surface area contributed by atoms with E-state index in [-0.39, 0.29) is 18.0 Å². The number of hydrogen-bond acceptors (Lipinski definition) is 3. The van der Waals surface area contributed by atoms with E-state index in [1.54, 1.807) is 4.90 Å². The summed E-state index contributed by atoms with van der Waals surface area (Å²) in [7, 11) is 0. The minimum Gasteiger partial charge on any atom is -0.444 e. The lowest BCUT2D eigenvalue weighted by Crippen LogP contribution is -2.44. The van der Waals surface area contributed by atoms with Crippen LogP contribution < -0.4 is 0 Å². The van der Waals surface area contributed by atoms with Crippen LogP contribution in [-0.2, 0) is 4.74 Å². The Balaban J connectivity index is 1.51. The fraction of sp³-hybridized carbons (Fsp3) is 0.680. The minimum atomic E-state index is -0.501. The summed E-state index contributed by atoms with van der Waals surface area (Å²) in [6, 6.07) is 8.29. The molecule has 3 aliphatic rings. The molecule has 0 spiro atoms. The third kappa shape index (κ3) is 4.98. The quantitative estimate of drug-likeness (QED) is 0.667. The summed E-state index contributed by atoms with van der Waals surface area (Å²) in [6.07, 6.45) is 7.84. The first kappa shape index (κ1) is 21.2. The van der Waals surface area contributed by atoms with Crippen LogP contribution in [0, 0.1) is 5.92 Å². The summed E-state index contributed by atoms with van der Waals surface area (Å²) in [4.78, 5) is 30.2. The molecule has 5 heteroatoms. The highest BCUT2D eigenvalue weighted by atomic mass is 16.6. The van der Waals surface area contributed by atoms with Crippen molar-refractivity contribution < 1.29 is 14.3 Å². The second kappa shape index (κ2) is 8.60. The van der Waals surface area contributed by atoms with E-state index in [0.29, 0.717) is 24.9 Å². The Morgan fingerprint density at radius 1 is 1.07 bits per heavy atom. The van der Waals surface area contributed by atoms with Crippen LogP contribution >= 0.6 is 0 Å². The van der Waals surface area contributed by atoms with Crippen LogP contribution in [0.1, 0.15) is 87.6 Å². The van der Waals surface area contributed by atoms with Gasteiger partial charge in [0.15, 0.2) is 0 Å². The van der Waals surface area contributed by atoms with Crippen LogP contribution in [0.3, 0.4) is 0 Å². The molecule has 1 aromatic carbocycles. The average Bonchev–Trinajstić information content (AvgIpc) is 3.17. The number of carbonyl (C=O) groups is 2. The molecule has 3 fully saturated rings. The van der Waals surface area contributed by atoms with Gasteiger partial charge in [0.1, 0.15) is 5.60 Å². The zero-order valence-corrected chi connectivity index (χ0v) is 18.7. The molecule has 0 aromatic heterocycles. The molecule has 2 amide bonds. The highest BCUT2D eigenvalue weighted by Gasteiger charge is 2.38. The number of hydrogen-bond donors (Lipinski definition) is 0. The zero-order chi connectivity index (χ0) is 21.3. The lowest BCUT2D eigenvalue weighted by Gasteiger charge is -2.31. The molecule has 1 aromatic rings. The van der Waals surface area contributed by atoms with Gasteiger partial charge in [0.25, 0.3) is 5.91 Å². The van der Waals surface area contributed by atoms with Gasteiger partial charge in [-0.2, -0.15) is 0 Å². The lowest BCUT2D eigenvalue weighted by atomic mass is 9.92. The predicted octanol–water partition coefficient (Wildman–Crippen LogP) is 5.21. The maximum absolute atomic E-state index is 13.8. The third-order valence-electron chi connectivity index (χ3n) is 6.65. The van der Waals surface area contributed by atoms with E-state index in [4.69, 9.17) is 4.74 Å². The van der Waals surface area contributed by atoms with Gasteiger partial charge in [-0.05, 0) is 76.3 Å². The van der Waals surface area contributed by atoms with Crippen LogP contribution in [-0.4, -0.2) is 53.1 Å². The summed E-state index contributed by atoms with van der Waals surface area (Å²) < 4.78 is 5.56. The largest absolute Gasteiger partial charge is 0.444 e. The number of rotatable bonds is 5.